The highest BCUT2D eigenvalue weighted by molar-refractivity contribution is 9.10. The van der Waals surface area contributed by atoms with Crippen LogP contribution in [0.3, 0.4) is 0 Å². The molecule has 98 valence electrons. The quantitative estimate of drug-likeness (QED) is 0.866. The third kappa shape index (κ3) is 4.37. The van der Waals surface area contributed by atoms with Gasteiger partial charge in [0.05, 0.1) is 11.1 Å². The molecule has 0 saturated carbocycles. The van der Waals surface area contributed by atoms with Crippen LogP contribution in [-0.2, 0) is 0 Å². The van der Waals surface area contributed by atoms with Gasteiger partial charge in [0.1, 0.15) is 0 Å². The molecular formula is C12H19BrClNO2. The number of aromatic hydroxyl groups is 1. The minimum Gasteiger partial charge on any atom is -0.503 e. The number of hydrogen-bond acceptors (Lipinski definition) is 3. The van der Waals surface area contributed by atoms with Gasteiger partial charge in [-0.15, -0.1) is 12.4 Å². The van der Waals surface area contributed by atoms with Gasteiger partial charge < -0.3 is 15.6 Å². The fraction of sp³-hybridized carbons (Fsp3) is 0.500. The van der Waals surface area contributed by atoms with Crippen LogP contribution in [0.15, 0.2) is 16.6 Å². The molecule has 1 aromatic carbocycles. The maximum Gasteiger partial charge on any atom is 0.172 e. The average molecular weight is 325 g/mol. The number of halogens is 2. The molecule has 0 heterocycles. The Bertz CT molecular complexity index is 361. The minimum absolute atomic E-state index is 0. The number of rotatable bonds is 5. The van der Waals surface area contributed by atoms with Gasteiger partial charge in [0.25, 0.3) is 0 Å². The van der Waals surface area contributed by atoms with Crippen LogP contribution < -0.4 is 10.5 Å². The lowest BCUT2D eigenvalue weighted by molar-refractivity contribution is 0.316. The zero-order valence-electron chi connectivity index (χ0n) is 10.1. The smallest absolute Gasteiger partial charge is 0.172 e. The summed E-state index contributed by atoms with van der Waals surface area (Å²) < 4.78 is 5.98. The molecule has 0 aliphatic rings. The second kappa shape index (κ2) is 7.80. The third-order valence-electron chi connectivity index (χ3n) is 2.38. The highest BCUT2D eigenvalue weighted by atomic mass is 79.9. The van der Waals surface area contributed by atoms with E-state index < -0.39 is 0 Å². The van der Waals surface area contributed by atoms with Crippen LogP contribution >= 0.6 is 28.3 Å². The average Bonchev–Trinajstić information content (AvgIpc) is 2.25. The van der Waals surface area contributed by atoms with Crippen molar-refractivity contribution in [1.29, 1.82) is 0 Å². The van der Waals surface area contributed by atoms with E-state index in [0.717, 1.165) is 18.4 Å². The molecule has 0 aliphatic heterocycles. The molecule has 1 rings (SSSR count). The van der Waals surface area contributed by atoms with Crippen molar-refractivity contribution >= 4 is 28.3 Å². The van der Waals surface area contributed by atoms with Crippen LogP contribution in [0.1, 0.15) is 38.3 Å². The van der Waals surface area contributed by atoms with Crippen molar-refractivity contribution in [3.05, 3.63) is 22.2 Å². The number of phenolic OH excluding ortho intramolecular Hbond substituents is 1. The summed E-state index contributed by atoms with van der Waals surface area (Å²) in [6.07, 6.45) is 1.95. The molecule has 0 saturated heterocycles. The van der Waals surface area contributed by atoms with Crippen LogP contribution in [0.4, 0.5) is 0 Å². The topological polar surface area (TPSA) is 55.5 Å². The van der Waals surface area contributed by atoms with E-state index in [0.29, 0.717) is 16.8 Å². The van der Waals surface area contributed by atoms with Crippen molar-refractivity contribution in [3.8, 4) is 11.5 Å². The van der Waals surface area contributed by atoms with E-state index in [-0.39, 0.29) is 24.2 Å². The lowest BCUT2D eigenvalue weighted by atomic mass is 10.0. The van der Waals surface area contributed by atoms with E-state index in [2.05, 4.69) is 22.9 Å². The van der Waals surface area contributed by atoms with Gasteiger partial charge in [-0.1, -0.05) is 13.3 Å². The van der Waals surface area contributed by atoms with E-state index in [9.17, 15) is 5.11 Å². The number of ether oxygens (including phenoxy) is 1. The highest BCUT2D eigenvalue weighted by Gasteiger charge is 2.13. The van der Waals surface area contributed by atoms with Crippen molar-refractivity contribution in [3.63, 3.8) is 0 Å². The standard InChI is InChI=1S/C12H18BrNO2.ClH/c1-3-5-10(14)8-6-9(13)12(15)11(7-8)16-4-2;/h6-7,10,15H,3-5,14H2,1-2H3;1H/t10-;/m0./s1. The molecular weight excluding hydrogens is 305 g/mol. The SMILES string of the molecule is CCC[C@H](N)c1cc(Br)c(O)c(OCC)c1.Cl. The van der Waals surface area contributed by atoms with Crippen LogP contribution in [0.5, 0.6) is 11.5 Å². The van der Waals surface area contributed by atoms with Gasteiger partial charge >= 0.3 is 0 Å². The van der Waals surface area contributed by atoms with E-state index in [4.69, 9.17) is 10.5 Å². The molecule has 0 radical (unpaired) electrons. The second-order valence-corrected chi connectivity index (χ2v) is 4.53. The van der Waals surface area contributed by atoms with E-state index in [1.165, 1.54) is 0 Å². The molecule has 3 N–H and O–H groups in total. The monoisotopic (exact) mass is 323 g/mol. The summed E-state index contributed by atoms with van der Waals surface area (Å²) in [7, 11) is 0. The third-order valence-corrected chi connectivity index (χ3v) is 2.98. The maximum absolute atomic E-state index is 9.75. The Morgan fingerprint density at radius 3 is 2.59 bits per heavy atom. The van der Waals surface area contributed by atoms with E-state index in [1.54, 1.807) is 0 Å². The fourth-order valence-corrected chi connectivity index (χ4v) is 2.01. The molecule has 0 fully saturated rings. The number of nitrogens with two attached hydrogens (primary N) is 1. The summed E-state index contributed by atoms with van der Waals surface area (Å²) >= 11 is 3.30. The summed E-state index contributed by atoms with van der Waals surface area (Å²) in [4.78, 5) is 0. The van der Waals surface area contributed by atoms with Crippen molar-refractivity contribution in [2.75, 3.05) is 6.61 Å². The Morgan fingerprint density at radius 1 is 1.41 bits per heavy atom. The van der Waals surface area contributed by atoms with Gasteiger partial charge in [-0.2, -0.15) is 0 Å². The predicted molar refractivity (Wildman–Crippen MR) is 76.1 cm³/mol. The van der Waals surface area contributed by atoms with E-state index >= 15 is 0 Å². The van der Waals surface area contributed by atoms with Crippen molar-refractivity contribution in [2.24, 2.45) is 5.73 Å². The molecule has 1 atom stereocenters. The van der Waals surface area contributed by atoms with Crippen molar-refractivity contribution in [1.82, 2.24) is 0 Å². The van der Waals surface area contributed by atoms with Crippen LogP contribution in [0.2, 0.25) is 0 Å². The first kappa shape index (κ1) is 16.6. The molecule has 3 nitrogen and oxygen atoms in total. The zero-order valence-corrected chi connectivity index (χ0v) is 12.5. The van der Waals surface area contributed by atoms with Gasteiger partial charge in [0.15, 0.2) is 11.5 Å². The molecule has 17 heavy (non-hydrogen) atoms. The predicted octanol–water partition coefficient (Wildman–Crippen LogP) is 3.78. The van der Waals surface area contributed by atoms with Gasteiger partial charge in [-0.05, 0) is 47.0 Å². The van der Waals surface area contributed by atoms with Gasteiger partial charge in [0.2, 0.25) is 0 Å². The highest BCUT2D eigenvalue weighted by Crippen LogP contribution is 2.37. The molecule has 0 aliphatic carbocycles. The molecule has 5 heteroatoms. The normalized spacial score (nSPS) is 11.8. The molecule has 0 amide bonds. The first-order chi connectivity index (χ1) is 7.60. The molecule has 1 aromatic rings. The number of benzene rings is 1. The summed E-state index contributed by atoms with van der Waals surface area (Å²) in [5.74, 6) is 0.618. The summed E-state index contributed by atoms with van der Waals surface area (Å²) in [6, 6.07) is 3.64. The van der Waals surface area contributed by atoms with Crippen molar-refractivity contribution < 1.29 is 9.84 Å². The fourth-order valence-electron chi connectivity index (χ4n) is 1.55. The van der Waals surface area contributed by atoms with Crippen molar-refractivity contribution in [2.45, 2.75) is 32.7 Å². The number of hydrogen-bond donors (Lipinski definition) is 2. The maximum atomic E-state index is 9.75. The largest absolute Gasteiger partial charge is 0.503 e. The Kier molecular flexibility index (Phi) is 7.59. The van der Waals surface area contributed by atoms with Gasteiger partial charge in [-0.25, -0.2) is 0 Å². The van der Waals surface area contributed by atoms with E-state index in [1.807, 2.05) is 19.1 Å². The van der Waals surface area contributed by atoms with Crippen LogP contribution in [0.25, 0.3) is 0 Å². The zero-order chi connectivity index (χ0) is 12.1. The Balaban J connectivity index is 0.00000256. The first-order valence-electron chi connectivity index (χ1n) is 5.50. The summed E-state index contributed by atoms with van der Waals surface area (Å²) in [5, 5.41) is 9.75. The summed E-state index contributed by atoms with van der Waals surface area (Å²) in [6.45, 7) is 4.50. The Hall–Kier alpha value is -0.450. The Labute approximate surface area is 117 Å². The lowest BCUT2D eigenvalue weighted by Crippen LogP contribution is -2.10. The van der Waals surface area contributed by atoms with Gasteiger partial charge in [0, 0.05) is 6.04 Å². The molecule has 0 spiro atoms. The second-order valence-electron chi connectivity index (χ2n) is 3.68. The molecule has 0 unspecified atom stereocenters. The van der Waals surface area contributed by atoms with Gasteiger partial charge in [-0.3, -0.25) is 0 Å². The van der Waals surface area contributed by atoms with Crippen LogP contribution in [-0.4, -0.2) is 11.7 Å². The summed E-state index contributed by atoms with van der Waals surface area (Å²) in [5.41, 5.74) is 7.01. The lowest BCUT2D eigenvalue weighted by Gasteiger charge is -2.14. The minimum atomic E-state index is -0.0129. The number of phenols is 1. The molecule has 0 aromatic heterocycles. The van der Waals surface area contributed by atoms with Crippen LogP contribution in [0, 0.1) is 0 Å². The Morgan fingerprint density at radius 2 is 2.06 bits per heavy atom. The molecule has 0 bridgehead atoms. The first-order valence-corrected chi connectivity index (χ1v) is 6.30.